The fourth-order valence-corrected chi connectivity index (χ4v) is 0.883. The molecular weight excluding hydrogens is 218 g/mol. The second kappa shape index (κ2) is 4.26. The van der Waals surface area contributed by atoms with Crippen molar-refractivity contribution in [2.24, 2.45) is 5.41 Å². The molecule has 0 spiro atoms. The molecule has 72 valence electrons. The van der Waals surface area contributed by atoms with E-state index in [-0.39, 0.29) is 22.2 Å². The van der Waals surface area contributed by atoms with Crippen molar-refractivity contribution in [1.82, 2.24) is 5.32 Å². The number of rotatable bonds is 2. The second-order valence-corrected chi connectivity index (χ2v) is 5.31. The van der Waals surface area contributed by atoms with E-state index in [9.17, 15) is 4.79 Å². The van der Waals surface area contributed by atoms with Crippen LogP contribution in [0, 0.1) is 5.41 Å². The van der Waals surface area contributed by atoms with E-state index in [1.54, 1.807) is 0 Å². The van der Waals surface area contributed by atoms with Crippen molar-refractivity contribution >= 4 is 21.8 Å². The highest BCUT2D eigenvalue weighted by molar-refractivity contribution is 9.10. The summed E-state index contributed by atoms with van der Waals surface area (Å²) in [5, 5.41) is 2.86. The first-order valence-electron chi connectivity index (χ1n) is 4.19. The lowest BCUT2D eigenvalue weighted by Gasteiger charge is -2.25. The summed E-state index contributed by atoms with van der Waals surface area (Å²) in [6, 6.07) is 0.208. The predicted octanol–water partition coefficient (Wildman–Crippen LogP) is 2.32. The molecule has 0 aliphatic heterocycles. The van der Waals surface area contributed by atoms with E-state index >= 15 is 0 Å². The molecule has 0 saturated heterocycles. The number of alkyl halides is 1. The minimum Gasteiger partial charge on any atom is -0.353 e. The molecule has 0 radical (unpaired) electrons. The van der Waals surface area contributed by atoms with Crippen LogP contribution in [0.4, 0.5) is 0 Å². The number of carbonyl (C=O) groups is 1. The van der Waals surface area contributed by atoms with Gasteiger partial charge in [-0.1, -0.05) is 36.7 Å². The summed E-state index contributed by atoms with van der Waals surface area (Å²) in [7, 11) is 0. The Morgan fingerprint density at radius 3 is 2.00 bits per heavy atom. The Bertz CT molecular complexity index is 160. The van der Waals surface area contributed by atoms with Crippen molar-refractivity contribution in [1.29, 1.82) is 0 Å². The highest BCUT2D eigenvalue weighted by Gasteiger charge is 2.28. The van der Waals surface area contributed by atoms with Gasteiger partial charge in [0, 0.05) is 6.04 Å². The van der Waals surface area contributed by atoms with Crippen LogP contribution in [0.1, 0.15) is 34.6 Å². The third-order valence-corrected chi connectivity index (χ3v) is 3.21. The topological polar surface area (TPSA) is 29.1 Å². The van der Waals surface area contributed by atoms with Gasteiger partial charge >= 0.3 is 0 Å². The molecule has 0 aromatic heterocycles. The highest BCUT2D eigenvalue weighted by atomic mass is 79.9. The number of hydrogen-bond donors (Lipinski definition) is 1. The van der Waals surface area contributed by atoms with E-state index in [2.05, 4.69) is 21.2 Å². The minimum absolute atomic E-state index is 0.0288. The Morgan fingerprint density at radius 2 is 1.75 bits per heavy atom. The summed E-state index contributed by atoms with van der Waals surface area (Å²) in [5.74, 6) is 0.0671. The average molecular weight is 236 g/mol. The average Bonchev–Trinajstić information content (AvgIpc) is 1.82. The smallest absolute Gasteiger partial charge is 0.234 e. The molecule has 0 aromatic carbocycles. The fourth-order valence-electron chi connectivity index (χ4n) is 0.751. The second-order valence-electron chi connectivity index (χ2n) is 4.39. The molecular formula is C9H18BrNO. The van der Waals surface area contributed by atoms with Crippen LogP contribution in [0.25, 0.3) is 0 Å². The van der Waals surface area contributed by atoms with Crippen LogP contribution >= 0.6 is 15.9 Å². The summed E-state index contributed by atoms with van der Waals surface area (Å²) in [6.45, 7) is 10.0. The molecule has 0 fully saturated rings. The largest absolute Gasteiger partial charge is 0.353 e. The maximum absolute atomic E-state index is 11.4. The van der Waals surface area contributed by atoms with Crippen LogP contribution in [-0.4, -0.2) is 16.8 Å². The molecule has 0 heterocycles. The van der Waals surface area contributed by atoms with Crippen LogP contribution in [0.2, 0.25) is 0 Å². The molecule has 0 saturated carbocycles. The first-order valence-corrected chi connectivity index (χ1v) is 5.11. The van der Waals surface area contributed by atoms with Crippen LogP contribution in [0.15, 0.2) is 0 Å². The normalized spacial score (nSPS) is 14.6. The summed E-state index contributed by atoms with van der Waals surface area (Å²) >= 11 is 3.38. The van der Waals surface area contributed by atoms with Crippen LogP contribution in [0.3, 0.4) is 0 Å². The maximum Gasteiger partial charge on any atom is 0.234 e. The van der Waals surface area contributed by atoms with Gasteiger partial charge in [-0.15, -0.1) is 0 Å². The van der Waals surface area contributed by atoms with Gasteiger partial charge in [0.25, 0.3) is 0 Å². The Morgan fingerprint density at radius 1 is 1.33 bits per heavy atom. The lowest BCUT2D eigenvalue weighted by molar-refractivity contribution is -0.122. The van der Waals surface area contributed by atoms with Gasteiger partial charge in [0.05, 0.1) is 4.83 Å². The van der Waals surface area contributed by atoms with E-state index in [1.807, 2.05) is 34.6 Å². The number of halogens is 1. The van der Waals surface area contributed by atoms with E-state index in [1.165, 1.54) is 0 Å². The van der Waals surface area contributed by atoms with Crippen molar-refractivity contribution < 1.29 is 4.79 Å². The van der Waals surface area contributed by atoms with Gasteiger partial charge in [-0.05, 0) is 19.3 Å². The predicted molar refractivity (Wildman–Crippen MR) is 55.4 cm³/mol. The molecule has 1 N–H and O–H groups in total. The zero-order chi connectivity index (χ0) is 9.94. The molecule has 1 amide bonds. The van der Waals surface area contributed by atoms with Gasteiger partial charge in [-0.3, -0.25) is 4.79 Å². The maximum atomic E-state index is 11.4. The first kappa shape index (κ1) is 11.9. The monoisotopic (exact) mass is 235 g/mol. The molecule has 0 rings (SSSR count). The van der Waals surface area contributed by atoms with Gasteiger partial charge in [0.2, 0.25) is 5.91 Å². The SMILES string of the molecule is CC(C)NC(=O)[C@@H](Br)C(C)(C)C. The number of carbonyl (C=O) groups excluding carboxylic acids is 1. The zero-order valence-electron chi connectivity index (χ0n) is 8.44. The van der Waals surface area contributed by atoms with Crippen molar-refractivity contribution in [3.63, 3.8) is 0 Å². The van der Waals surface area contributed by atoms with E-state index < -0.39 is 0 Å². The van der Waals surface area contributed by atoms with Gasteiger partial charge < -0.3 is 5.32 Å². The summed E-state index contributed by atoms with van der Waals surface area (Å²) in [4.78, 5) is 11.3. The highest BCUT2D eigenvalue weighted by Crippen LogP contribution is 2.25. The molecule has 12 heavy (non-hydrogen) atoms. The lowest BCUT2D eigenvalue weighted by Crippen LogP contribution is -2.41. The van der Waals surface area contributed by atoms with Crippen molar-refractivity contribution in [3.05, 3.63) is 0 Å². The van der Waals surface area contributed by atoms with Gasteiger partial charge in [0.1, 0.15) is 0 Å². The zero-order valence-corrected chi connectivity index (χ0v) is 10.0. The summed E-state index contributed by atoms with van der Waals surface area (Å²) < 4.78 is 0. The minimum atomic E-state index is -0.118. The summed E-state index contributed by atoms with van der Waals surface area (Å²) in [5.41, 5.74) is -0.0288. The van der Waals surface area contributed by atoms with Crippen molar-refractivity contribution in [2.45, 2.75) is 45.5 Å². The molecule has 0 aliphatic rings. The Hall–Kier alpha value is -0.0500. The molecule has 0 aromatic rings. The van der Waals surface area contributed by atoms with E-state index in [0.29, 0.717) is 0 Å². The molecule has 3 heteroatoms. The van der Waals surface area contributed by atoms with Crippen LogP contribution < -0.4 is 5.32 Å². The Labute approximate surface area is 83.2 Å². The number of hydrogen-bond acceptors (Lipinski definition) is 1. The Balaban J connectivity index is 4.12. The number of amides is 1. The van der Waals surface area contributed by atoms with E-state index in [4.69, 9.17) is 0 Å². The summed E-state index contributed by atoms with van der Waals surface area (Å²) in [6.07, 6.45) is 0. The first-order chi connectivity index (χ1) is 5.25. The standard InChI is InChI=1S/C9H18BrNO/c1-6(2)11-8(12)7(10)9(3,4)5/h6-7H,1-5H3,(H,11,12)/t7-/m1/s1. The Kier molecular flexibility index (Phi) is 4.24. The third-order valence-electron chi connectivity index (χ3n) is 1.42. The third kappa shape index (κ3) is 4.10. The van der Waals surface area contributed by atoms with E-state index in [0.717, 1.165) is 0 Å². The molecule has 0 aliphatic carbocycles. The fraction of sp³-hybridized carbons (Fsp3) is 0.889. The van der Waals surface area contributed by atoms with Gasteiger partial charge in [-0.2, -0.15) is 0 Å². The molecule has 0 bridgehead atoms. The molecule has 0 unspecified atom stereocenters. The number of nitrogens with one attached hydrogen (secondary N) is 1. The van der Waals surface area contributed by atoms with Crippen LogP contribution in [-0.2, 0) is 4.79 Å². The quantitative estimate of drug-likeness (QED) is 0.732. The van der Waals surface area contributed by atoms with Gasteiger partial charge in [-0.25, -0.2) is 0 Å². The van der Waals surface area contributed by atoms with Crippen LogP contribution in [0.5, 0.6) is 0 Å². The van der Waals surface area contributed by atoms with Gasteiger partial charge in [0.15, 0.2) is 0 Å². The molecule has 1 atom stereocenters. The van der Waals surface area contributed by atoms with Crippen molar-refractivity contribution in [2.75, 3.05) is 0 Å². The molecule has 2 nitrogen and oxygen atoms in total. The van der Waals surface area contributed by atoms with Crippen molar-refractivity contribution in [3.8, 4) is 0 Å². The lowest BCUT2D eigenvalue weighted by atomic mass is 9.91.